The first-order valence-corrected chi connectivity index (χ1v) is 9.13. The second-order valence-corrected chi connectivity index (χ2v) is 7.06. The van der Waals surface area contributed by atoms with E-state index in [0.717, 1.165) is 22.4 Å². The zero-order valence-corrected chi connectivity index (χ0v) is 16.6. The number of anilines is 2. The number of carbonyl (C=O) groups is 2. The van der Waals surface area contributed by atoms with E-state index in [-0.39, 0.29) is 17.5 Å². The number of rotatable bonds is 4. The molecule has 0 saturated carbocycles. The van der Waals surface area contributed by atoms with Crippen LogP contribution in [0.25, 0.3) is 0 Å². The first kappa shape index (κ1) is 19.6. The molecule has 0 aliphatic heterocycles. The molecule has 5 nitrogen and oxygen atoms in total. The Bertz CT molecular complexity index is 1040. The molecule has 3 aromatic rings. The topological polar surface area (TPSA) is 71.1 Å². The van der Waals surface area contributed by atoms with Gasteiger partial charge in [-0.25, -0.2) is 0 Å². The molecule has 3 rings (SSSR count). The molecule has 2 amide bonds. The number of halogens is 1. The van der Waals surface area contributed by atoms with Crippen LogP contribution in [0, 0.1) is 20.8 Å². The largest absolute Gasteiger partial charge is 0.322 e. The Morgan fingerprint density at radius 2 is 1.61 bits per heavy atom. The van der Waals surface area contributed by atoms with Crippen LogP contribution in [0.4, 0.5) is 11.4 Å². The van der Waals surface area contributed by atoms with Crippen LogP contribution in [-0.4, -0.2) is 16.8 Å². The van der Waals surface area contributed by atoms with E-state index >= 15 is 0 Å². The lowest BCUT2D eigenvalue weighted by Gasteiger charge is -2.13. The number of amides is 2. The van der Waals surface area contributed by atoms with Crippen molar-refractivity contribution in [1.29, 1.82) is 0 Å². The molecule has 0 radical (unpaired) electrons. The molecule has 0 saturated heterocycles. The Labute approximate surface area is 168 Å². The smallest absolute Gasteiger partial charge is 0.274 e. The highest BCUT2D eigenvalue weighted by Gasteiger charge is 2.14. The summed E-state index contributed by atoms with van der Waals surface area (Å²) in [4.78, 5) is 29.3. The summed E-state index contributed by atoms with van der Waals surface area (Å²) < 4.78 is 0. The van der Waals surface area contributed by atoms with E-state index in [1.807, 2.05) is 32.9 Å². The molecule has 0 bridgehead atoms. The first-order chi connectivity index (χ1) is 13.3. The number of carbonyl (C=O) groups excluding carboxylic acids is 2. The van der Waals surface area contributed by atoms with E-state index in [4.69, 9.17) is 11.6 Å². The maximum atomic E-state index is 12.7. The van der Waals surface area contributed by atoms with E-state index < -0.39 is 0 Å². The fourth-order valence-electron chi connectivity index (χ4n) is 3.02. The zero-order valence-electron chi connectivity index (χ0n) is 15.8. The van der Waals surface area contributed by atoms with Crippen molar-refractivity contribution < 1.29 is 9.59 Å². The minimum atomic E-state index is -0.368. The molecule has 28 heavy (non-hydrogen) atoms. The summed E-state index contributed by atoms with van der Waals surface area (Å²) in [6.07, 6.45) is 1.44. The van der Waals surface area contributed by atoms with Gasteiger partial charge in [-0.2, -0.15) is 0 Å². The number of pyridine rings is 1. The normalized spacial score (nSPS) is 10.4. The molecule has 6 heteroatoms. The van der Waals surface area contributed by atoms with E-state index in [0.29, 0.717) is 16.3 Å². The number of nitrogens with one attached hydrogen (secondary N) is 2. The van der Waals surface area contributed by atoms with Crippen LogP contribution in [0.5, 0.6) is 0 Å². The summed E-state index contributed by atoms with van der Waals surface area (Å²) in [5, 5.41) is 6.18. The van der Waals surface area contributed by atoms with Crippen molar-refractivity contribution in [3.8, 4) is 0 Å². The summed E-state index contributed by atoms with van der Waals surface area (Å²) in [6.45, 7) is 5.89. The van der Waals surface area contributed by atoms with Gasteiger partial charge in [-0.3, -0.25) is 14.6 Å². The van der Waals surface area contributed by atoms with Gasteiger partial charge in [0.2, 0.25) is 0 Å². The van der Waals surface area contributed by atoms with Crippen LogP contribution in [0.3, 0.4) is 0 Å². The van der Waals surface area contributed by atoms with E-state index in [9.17, 15) is 9.59 Å². The summed E-state index contributed by atoms with van der Waals surface area (Å²) >= 11 is 5.94. The SMILES string of the molecule is Cc1cc(C)c(NC(=O)c2cc(C(=O)Nc3cccc(Cl)c3)ccn2)c(C)c1. The highest BCUT2D eigenvalue weighted by atomic mass is 35.5. The van der Waals surface area contributed by atoms with Crippen molar-refractivity contribution in [1.82, 2.24) is 4.98 Å². The number of aromatic nitrogens is 1. The Morgan fingerprint density at radius 1 is 0.893 bits per heavy atom. The Morgan fingerprint density at radius 3 is 2.29 bits per heavy atom. The third-order valence-corrected chi connectivity index (χ3v) is 4.49. The molecular formula is C22H20ClN3O2. The molecule has 2 N–H and O–H groups in total. The highest BCUT2D eigenvalue weighted by Crippen LogP contribution is 2.22. The summed E-state index contributed by atoms with van der Waals surface area (Å²) in [5.41, 5.74) is 4.90. The van der Waals surface area contributed by atoms with Gasteiger partial charge in [0.15, 0.2) is 0 Å². The molecule has 2 aromatic carbocycles. The quantitative estimate of drug-likeness (QED) is 0.642. The third kappa shape index (κ3) is 4.56. The molecule has 0 atom stereocenters. The van der Waals surface area contributed by atoms with Gasteiger partial charge in [-0.15, -0.1) is 0 Å². The van der Waals surface area contributed by atoms with Crippen molar-refractivity contribution in [2.45, 2.75) is 20.8 Å². The summed E-state index contributed by atoms with van der Waals surface area (Å²) in [6, 6.07) is 13.9. The standard InChI is InChI=1S/C22H20ClN3O2/c1-13-9-14(2)20(15(3)10-13)26-22(28)19-11-16(7-8-24-19)21(27)25-18-6-4-5-17(23)12-18/h4-12H,1-3H3,(H,25,27)(H,26,28). The van der Waals surface area contributed by atoms with E-state index in [2.05, 4.69) is 15.6 Å². The highest BCUT2D eigenvalue weighted by molar-refractivity contribution is 6.31. The molecule has 0 aliphatic rings. The summed E-state index contributed by atoms with van der Waals surface area (Å²) in [7, 11) is 0. The number of aryl methyl sites for hydroxylation is 3. The van der Waals surface area contributed by atoms with Gasteiger partial charge < -0.3 is 10.6 Å². The molecule has 0 unspecified atom stereocenters. The van der Waals surface area contributed by atoms with Crippen LogP contribution in [0.15, 0.2) is 54.7 Å². The maximum Gasteiger partial charge on any atom is 0.274 e. The van der Waals surface area contributed by atoms with Gasteiger partial charge in [0.05, 0.1) is 0 Å². The van der Waals surface area contributed by atoms with Crippen molar-refractivity contribution in [2.24, 2.45) is 0 Å². The monoisotopic (exact) mass is 393 g/mol. The van der Waals surface area contributed by atoms with Crippen molar-refractivity contribution in [2.75, 3.05) is 10.6 Å². The molecule has 1 heterocycles. The molecule has 0 aliphatic carbocycles. The van der Waals surface area contributed by atoms with Gasteiger partial charge in [-0.05, 0) is 62.2 Å². The van der Waals surface area contributed by atoms with Gasteiger partial charge in [0.25, 0.3) is 11.8 Å². The van der Waals surface area contributed by atoms with Gasteiger partial charge in [0, 0.05) is 28.2 Å². The lowest BCUT2D eigenvalue weighted by Crippen LogP contribution is -2.18. The molecule has 142 valence electrons. The van der Waals surface area contributed by atoms with Crippen LogP contribution in [0.2, 0.25) is 5.02 Å². The average Bonchev–Trinajstić information content (AvgIpc) is 2.64. The lowest BCUT2D eigenvalue weighted by atomic mass is 10.0. The maximum absolute atomic E-state index is 12.7. The van der Waals surface area contributed by atoms with E-state index in [1.54, 1.807) is 30.3 Å². The van der Waals surface area contributed by atoms with Crippen LogP contribution in [0.1, 0.15) is 37.5 Å². The van der Waals surface area contributed by atoms with Crippen molar-refractivity contribution in [3.63, 3.8) is 0 Å². The second kappa shape index (κ2) is 8.23. The van der Waals surface area contributed by atoms with Crippen molar-refractivity contribution in [3.05, 3.63) is 87.7 Å². The average molecular weight is 394 g/mol. The number of nitrogens with zero attached hydrogens (tertiary/aromatic N) is 1. The van der Waals surface area contributed by atoms with Gasteiger partial charge in [0.1, 0.15) is 5.69 Å². The Balaban J connectivity index is 1.79. The molecule has 1 aromatic heterocycles. The Kier molecular flexibility index (Phi) is 5.76. The molecular weight excluding hydrogens is 374 g/mol. The predicted octanol–water partition coefficient (Wildman–Crippen LogP) is 5.16. The summed E-state index contributed by atoms with van der Waals surface area (Å²) in [5.74, 6) is -0.714. The lowest BCUT2D eigenvalue weighted by molar-refractivity contribution is 0.102. The molecule has 0 fully saturated rings. The number of hydrogen-bond donors (Lipinski definition) is 2. The predicted molar refractivity (Wildman–Crippen MR) is 112 cm³/mol. The van der Waals surface area contributed by atoms with E-state index in [1.165, 1.54) is 12.3 Å². The minimum Gasteiger partial charge on any atom is -0.322 e. The van der Waals surface area contributed by atoms with Gasteiger partial charge in [-0.1, -0.05) is 35.4 Å². The third-order valence-electron chi connectivity index (χ3n) is 4.25. The van der Waals surface area contributed by atoms with Crippen LogP contribution < -0.4 is 10.6 Å². The van der Waals surface area contributed by atoms with Crippen molar-refractivity contribution >= 4 is 34.8 Å². The first-order valence-electron chi connectivity index (χ1n) is 8.75. The number of hydrogen-bond acceptors (Lipinski definition) is 3. The molecule has 0 spiro atoms. The Hall–Kier alpha value is -3.18. The van der Waals surface area contributed by atoms with Crippen LogP contribution >= 0.6 is 11.6 Å². The van der Waals surface area contributed by atoms with Crippen LogP contribution in [-0.2, 0) is 0 Å². The fourth-order valence-corrected chi connectivity index (χ4v) is 3.21. The number of benzene rings is 2. The second-order valence-electron chi connectivity index (χ2n) is 6.62. The van der Waals surface area contributed by atoms with Gasteiger partial charge >= 0.3 is 0 Å². The zero-order chi connectivity index (χ0) is 20.3. The fraction of sp³-hybridized carbons (Fsp3) is 0.136. The minimum absolute atomic E-state index is 0.165.